The van der Waals surface area contributed by atoms with Gasteiger partial charge in [0.05, 0.1) is 6.54 Å². The van der Waals surface area contributed by atoms with Crippen molar-refractivity contribution in [2.45, 2.75) is 44.9 Å². The van der Waals surface area contributed by atoms with Gasteiger partial charge in [0.2, 0.25) is 0 Å². The molecule has 0 amide bonds. The van der Waals surface area contributed by atoms with E-state index >= 15 is 0 Å². The number of halogens is 2. The smallest absolute Gasteiger partial charge is 0.193 e. The maximum atomic E-state index is 13.8. The van der Waals surface area contributed by atoms with E-state index < -0.39 is 0 Å². The van der Waals surface area contributed by atoms with Gasteiger partial charge in [0, 0.05) is 38.8 Å². The Balaban J connectivity index is 0.00000338. The molecule has 0 spiro atoms. The summed E-state index contributed by atoms with van der Waals surface area (Å²) >= 11 is 0. The zero-order valence-corrected chi connectivity index (χ0v) is 18.6. The van der Waals surface area contributed by atoms with E-state index in [-0.39, 0.29) is 35.2 Å². The van der Waals surface area contributed by atoms with Crippen molar-refractivity contribution in [3.05, 3.63) is 35.6 Å². The minimum Gasteiger partial charge on any atom is -0.381 e. The third-order valence-corrected chi connectivity index (χ3v) is 4.96. The minimum atomic E-state index is -0.181. The van der Waals surface area contributed by atoms with Crippen LogP contribution in [0.15, 0.2) is 29.3 Å². The molecule has 1 aliphatic rings. The fraction of sp³-hybridized carbons (Fsp3) is 0.650. The number of ether oxygens (including phenoxy) is 1. The molecule has 4 nitrogen and oxygen atoms in total. The Bertz CT molecular complexity index is 562. The molecule has 0 radical (unpaired) electrons. The van der Waals surface area contributed by atoms with Gasteiger partial charge < -0.3 is 15.0 Å². The fourth-order valence-electron chi connectivity index (χ4n) is 3.32. The normalized spacial score (nSPS) is 16.7. The summed E-state index contributed by atoms with van der Waals surface area (Å²) in [5.74, 6) is 0.748. The van der Waals surface area contributed by atoms with Crippen LogP contribution in [0.5, 0.6) is 0 Å². The summed E-state index contributed by atoms with van der Waals surface area (Å²) in [6.45, 7) is 8.16. The minimum absolute atomic E-state index is 0. The van der Waals surface area contributed by atoms with E-state index in [0.717, 1.165) is 50.3 Å². The third-order valence-electron chi connectivity index (χ3n) is 4.96. The Labute approximate surface area is 174 Å². The van der Waals surface area contributed by atoms with Crippen molar-refractivity contribution in [3.8, 4) is 0 Å². The van der Waals surface area contributed by atoms with Gasteiger partial charge in [0.15, 0.2) is 5.96 Å². The molecule has 0 bridgehead atoms. The van der Waals surface area contributed by atoms with Crippen LogP contribution in [0.2, 0.25) is 0 Å². The van der Waals surface area contributed by atoms with E-state index in [2.05, 4.69) is 31.1 Å². The number of aliphatic imine (C=N–C) groups is 1. The lowest BCUT2D eigenvalue weighted by molar-refractivity contribution is 0.0529. The summed E-state index contributed by atoms with van der Waals surface area (Å²) < 4.78 is 19.4. The predicted molar refractivity (Wildman–Crippen MR) is 117 cm³/mol. The van der Waals surface area contributed by atoms with Crippen LogP contribution in [0.25, 0.3) is 0 Å². The third kappa shape index (κ3) is 6.37. The van der Waals surface area contributed by atoms with E-state index in [0.29, 0.717) is 19.8 Å². The van der Waals surface area contributed by atoms with E-state index in [4.69, 9.17) is 9.73 Å². The topological polar surface area (TPSA) is 36.9 Å². The Kier molecular flexibility index (Phi) is 10.5. The van der Waals surface area contributed by atoms with Crippen molar-refractivity contribution in [1.82, 2.24) is 10.2 Å². The van der Waals surface area contributed by atoms with Gasteiger partial charge in [0.25, 0.3) is 0 Å². The molecule has 0 unspecified atom stereocenters. The van der Waals surface area contributed by atoms with Gasteiger partial charge in [-0.25, -0.2) is 4.39 Å². The maximum absolute atomic E-state index is 13.8. The standard InChI is InChI=1S/C20H32FN3O.HI/c1-4-6-12-24(3)19(22-5-2)23-16-20(10-13-25-14-11-20)17-8-7-9-18(21)15-17;/h7-9,15H,4-6,10-14,16H2,1-3H3,(H,22,23);1H. The number of benzene rings is 1. The summed E-state index contributed by atoms with van der Waals surface area (Å²) in [6, 6.07) is 6.98. The molecule has 2 rings (SSSR count). The van der Waals surface area contributed by atoms with Crippen LogP contribution in [0, 0.1) is 5.82 Å². The van der Waals surface area contributed by atoms with Crippen LogP contribution in [-0.2, 0) is 10.2 Å². The Morgan fingerprint density at radius 3 is 2.65 bits per heavy atom. The summed E-state index contributed by atoms with van der Waals surface area (Å²) in [7, 11) is 2.08. The molecule has 1 saturated heterocycles. The van der Waals surface area contributed by atoms with Crippen LogP contribution in [0.4, 0.5) is 4.39 Å². The molecule has 1 aromatic carbocycles. The molecule has 1 aliphatic heterocycles. The molecule has 0 atom stereocenters. The highest BCUT2D eigenvalue weighted by Crippen LogP contribution is 2.35. The second-order valence-electron chi connectivity index (χ2n) is 6.85. The zero-order chi connectivity index (χ0) is 18.1. The van der Waals surface area contributed by atoms with Crippen LogP contribution in [-0.4, -0.2) is 50.8 Å². The molecule has 0 aromatic heterocycles. The van der Waals surface area contributed by atoms with Gasteiger partial charge in [-0.05, 0) is 43.9 Å². The SMILES string of the molecule is CCCCN(C)C(=NCC1(c2cccc(F)c2)CCOCC1)NCC.I. The summed E-state index contributed by atoms with van der Waals surface area (Å²) in [5.41, 5.74) is 0.888. The number of unbranched alkanes of at least 4 members (excludes halogenated alkanes) is 1. The number of rotatable bonds is 7. The van der Waals surface area contributed by atoms with Gasteiger partial charge in [-0.2, -0.15) is 0 Å². The first-order chi connectivity index (χ1) is 12.1. The highest BCUT2D eigenvalue weighted by Gasteiger charge is 2.34. The Hall–Kier alpha value is -0.890. The average molecular weight is 477 g/mol. The van der Waals surface area contributed by atoms with Crippen molar-refractivity contribution in [3.63, 3.8) is 0 Å². The van der Waals surface area contributed by atoms with Crippen molar-refractivity contribution >= 4 is 29.9 Å². The molecule has 1 fully saturated rings. The molecule has 1 aromatic rings. The van der Waals surface area contributed by atoms with Crippen LogP contribution < -0.4 is 5.32 Å². The Morgan fingerprint density at radius 2 is 2.04 bits per heavy atom. The summed E-state index contributed by atoms with van der Waals surface area (Å²) in [6.07, 6.45) is 4.05. The molecule has 1 N–H and O–H groups in total. The van der Waals surface area contributed by atoms with Gasteiger partial charge in [-0.3, -0.25) is 4.99 Å². The molecular weight excluding hydrogens is 444 g/mol. The van der Waals surface area contributed by atoms with Crippen LogP contribution in [0.3, 0.4) is 0 Å². The first kappa shape index (κ1) is 23.1. The van der Waals surface area contributed by atoms with E-state index in [9.17, 15) is 4.39 Å². The predicted octanol–water partition coefficient (Wildman–Crippen LogP) is 4.19. The molecule has 26 heavy (non-hydrogen) atoms. The second kappa shape index (κ2) is 11.7. The maximum Gasteiger partial charge on any atom is 0.193 e. The zero-order valence-electron chi connectivity index (χ0n) is 16.3. The molecule has 1 heterocycles. The number of nitrogens with zero attached hydrogens (tertiary/aromatic N) is 2. The lowest BCUT2D eigenvalue weighted by atomic mass is 9.74. The quantitative estimate of drug-likeness (QED) is 0.364. The highest BCUT2D eigenvalue weighted by molar-refractivity contribution is 14.0. The van der Waals surface area contributed by atoms with Gasteiger partial charge in [-0.1, -0.05) is 25.5 Å². The number of guanidine groups is 1. The molecular formula is C20H33FIN3O. The van der Waals surface area contributed by atoms with Crippen molar-refractivity contribution in [2.24, 2.45) is 4.99 Å². The fourth-order valence-corrected chi connectivity index (χ4v) is 3.32. The van der Waals surface area contributed by atoms with Gasteiger partial charge >= 0.3 is 0 Å². The van der Waals surface area contributed by atoms with Gasteiger partial charge in [0.1, 0.15) is 5.82 Å². The van der Waals surface area contributed by atoms with Crippen molar-refractivity contribution in [2.75, 3.05) is 39.9 Å². The van der Waals surface area contributed by atoms with Crippen molar-refractivity contribution < 1.29 is 9.13 Å². The monoisotopic (exact) mass is 477 g/mol. The average Bonchev–Trinajstić information content (AvgIpc) is 2.64. The lowest BCUT2D eigenvalue weighted by Crippen LogP contribution is -2.42. The highest BCUT2D eigenvalue weighted by atomic mass is 127. The van der Waals surface area contributed by atoms with Gasteiger partial charge in [-0.15, -0.1) is 24.0 Å². The second-order valence-corrected chi connectivity index (χ2v) is 6.85. The van der Waals surface area contributed by atoms with E-state index in [1.807, 2.05) is 6.07 Å². The molecule has 148 valence electrons. The van der Waals surface area contributed by atoms with Crippen LogP contribution >= 0.6 is 24.0 Å². The largest absolute Gasteiger partial charge is 0.381 e. The number of hydrogen-bond donors (Lipinski definition) is 1. The summed E-state index contributed by atoms with van der Waals surface area (Å²) in [4.78, 5) is 7.11. The van der Waals surface area contributed by atoms with E-state index in [1.165, 1.54) is 6.07 Å². The lowest BCUT2D eigenvalue weighted by Gasteiger charge is -2.37. The molecule has 0 saturated carbocycles. The van der Waals surface area contributed by atoms with E-state index in [1.54, 1.807) is 12.1 Å². The van der Waals surface area contributed by atoms with Crippen molar-refractivity contribution in [1.29, 1.82) is 0 Å². The van der Waals surface area contributed by atoms with Crippen LogP contribution in [0.1, 0.15) is 45.1 Å². The number of hydrogen-bond acceptors (Lipinski definition) is 2. The Morgan fingerprint density at radius 1 is 1.31 bits per heavy atom. The summed E-state index contributed by atoms with van der Waals surface area (Å²) in [5, 5.41) is 3.38. The molecule has 6 heteroatoms. The first-order valence-electron chi connectivity index (χ1n) is 9.44. The first-order valence-corrected chi connectivity index (χ1v) is 9.44. The molecule has 0 aliphatic carbocycles. The number of nitrogens with one attached hydrogen (secondary N) is 1.